The van der Waals surface area contributed by atoms with Crippen LogP contribution in [0.5, 0.6) is 0 Å². The van der Waals surface area contributed by atoms with Crippen molar-refractivity contribution >= 4 is 5.91 Å². The molecule has 0 aliphatic heterocycles. The normalized spacial score (nSPS) is 18.6. The van der Waals surface area contributed by atoms with Gasteiger partial charge in [-0.3, -0.25) is 4.79 Å². The Kier molecular flexibility index (Phi) is 4.41. The summed E-state index contributed by atoms with van der Waals surface area (Å²) in [5.74, 6) is -0.237. The Hall–Kier alpha value is -0.780. The summed E-state index contributed by atoms with van der Waals surface area (Å²) in [5.41, 5.74) is 5.46. The van der Waals surface area contributed by atoms with Gasteiger partial charge in [0, 0.05) is 20.0 Å². The minimum absolute atomic E-state index is 0.149. The molecule has 0 atom stereocenters. The van der Waals surface area contributed by atoms with E-state index in [-0.39, 0.29) is 24.3 Å². The molecule has 100 valence electrons. The molecule has 1 saturated carbocycles. The molecule has 1 rings (SSSR count). The predicted molar refractivity (Wildman–Crippen MR) is 58.3 cm³/mol. The molecule has 1 aliphatic rings. The Balaban J connectivity index is 2.36. The van der Waals surface area contributed by atoms with Gasteiger partial charge in [-0.25, -0.2) is 0 Å². The van der Waals surface area contributed by atoms with Gasteiger partial charge >= 0.3 is 6.18 Å². The van der Waals surface area contributed by atoms with Crippen LogP contribution in [-0.2, 0) is 4.79 Å². The van der Waals surface area contributed by atoms with Gasteiger partial charge in [-0.1, -0.05) is 6.42 Å². The van der Waals surface area contributed by atoms with Crippen LogP contribution >= 0.6 is 0 Å². The van der Waals surface area contributed by atoms with Gasteiger partial charge in [0.05, 0.1) is 6.42 Å². The molecule has 0 unspecified atom stereocenters. The number of hydrogen-bond donors (Lipinski definition) is 1. The fourth-order valence-electron chi connectivity index (χ4n) is 2.00. The standard InChI is InChI=1S/C11H19F3N2O/c1-16(6-5-11(12,13)14)9(17)7-10(8-15)3-2-4-10/h2-8,15H2,1H3. The largest absolute Gasteiger partial charge is 0.390 e. The molecule has 1 amide bonds. The molecule has 0 saturated heterocycles. The summed E-state index contributed by atoms with van der Waals surface area (Å²) < 4.78 is 36.0. The van der Waals surface area contributed by atoms with Crippen molar-refractivity contribution in [2.24, 2.45) is 11.1 Å². The maximum Gasteiger partial charge on any atom is 0.390 e. The van der Waals surface area contributed by atoms with Crippen molar-refractivity contribution < 1.29 is 18.0 Å². The third-order valence-corrected chi connectivity index (χ3v) is 3.53. The average Bonchev–Trinajstić information content (AvgIpc) is 2.18. The molecular formula is C11H19F3N2O. The summed E-state index contributed by atoms with van der Waals surface area (Å²) in [4.78, 5) is 12.9. The van der Waals surface area contributed by atoms with Gasteiger partial charge in [0.25, 0.3) is 0 Å². The quantitative estimate of drug-likeness (QED) is 0.812. The molecule has 0 aromatic rings. The molecular weight excluding hydrogens is 233 g/mol. The van der Waals surface area contributed by atoms with Gasteiger partial charge in [-0.05, 0) is 24.8 Å². The van der Waals surface area contributed by atoms with E-state index in [0.29, 0.717) is 6.54 Å². The number of amides is 1. The highest BCUT2D eigenvalue weighted by atomic mass is 19.4. The maximum absolute atomic E-state index is 12.0. The van der Waals surface area contributed by atoms with Crippen LogP contribution < -0.4 is 5.73 Å². The van der Waals surface area contributed by atoms with Crippen molar-refractivity contribution in [3.8, 4) is 0 Å². The fraction of sp³-hybridized carbons (Fsp3) is 0.909. The molecule has 0 heterocycles. The number of rotatable bonds is 5. The van der Waals surface area contributed by atoms with Crippen molar-refractivity contribution in [2.45, 2.75) is 38.3 Å². The van der Waals surface area contributed by atoms with Gasteiger partial charge < -0.3 is 10.6 Å². The molecule has 1 fully saturated rings. The van der Waals surface area contributed by atoms with Crippen LogP contribution in [0.3, 0.4) is 0 Å². The Morgan fingerprint density at radius 2 is 2.00 bits per heavy atom. The molecule has 0 aromatic heterocycles. The van der Waals surface area contributed by atoms with E-state index in [1.54, 1.807) is 0 Å². The third-order valence-electron chi connectivity index (χ3n) is 3.53. The van der Waals surface area contributed by atoms with Crippen LogP contribution in [0.15, 0.2) is 0 Å². The van der Waals surface area contributed by atoms with E-state index in [1.807, 2.05) is 0 Å². The van der Waals surface area contributed by atoms with E-state index in [4.69, 9.17) is 5.73 Å². The van der Waals surface area contributed by atoms with Crippen molar-refractivity contribution in [1.29, 1.82) is 0 Å². The molecule has 3 nitrogen and oxygen atoms in total. The fourth-order valence-corrected chi connectivity index (χ4v) is 2.00. The molecule has 0 bridgehead atoms. The number of nitrogens with zero attached hydrogens (tertiary/aromatic N) is 1. The van der Waals surface area contributed by atoms with Gasteiger partial charge in [0.1, 0.15) is 0 Å². The van der Waals surface area contributed by atoms with Crippen molar-refractivity contribution in [3.05, 3.63) is 0 Å². The minimum atomic E-state index is -4.21. The number of nitrogens with two attached hydrogens (primary N) is 1. The summed E-state index contributed by atoms with van der Waals surface area (Å²) in [6.07, 6.45) is -2.03. The number of carbonyl (C=O) groups excluding carboxylic acids is 1. The number of halogens is 3. The average molecular weight is 252 g/mol. The lowest BCUT2D eigenvalue weighted by Crippen LogP contribution is -2.42. The lowest BCUT2D eigenvalue weighted by Gasteiger charge is -2.41. The van der Waals surface area contributed by atoms with Gasteiger partial charge in [0.15, 0.2) is 0 Å². The smallest absolute Gasteiger partial charge is 0.345 e. The number of hydrogen-bond acceptors (Lipinski definition) is 2. The van der Waals surface area contributed by atoms with Gasteiger partial charge in [0.2, 0.25) is 5.91 Å². The monoisotopic (exact) mass is 252 g/mol. The highest BCUT2D eigenvalue weighted by Crippen LogP contribution is 2.43. The van der Waals surface area contributed by atoms with E-state index in [0.717, 1.165) is 24.2 Å². The first-order valence-electron chi connectivity index (χ1n) is 5.79. The second-order valence-electron chi connectivity index (χ2n) is 4.91. The Morgan fingerprint density at radius 1 is 1.41 bits per heavy atom. The van der Waals surface area contributed by atoms with Crippen LogP contribution in [0, 0.1) is 5.41 Å². The molecule has 2 N–H and O–H groups in total. The van der Waals surface area contributed by atoms with E-state index >= 15 is 0 Å². The van der Waals surface area contributed by atoms with Crippen molar-refractivity contribution in [2.75, 3.05) is 20.1 Å². The Bertz CT molecular complexity index is 269. The van der Waals surface area contributed by atoms with Crippen molar-refractivity contribution in [1.82, 2.24) is 4.90 Å². The highest BCUT2D eigenvalue weighted by molar-refractivity contribution is 5.76. The molecule has 1 aliphatic carbocycles. The summed E-state index contributed by atoms with van der Waals surface area (Å²) in [5, 5.41) is 0. The maximum atomic E-state index is 12.0. The lowest BCUT2D eigenvalue weighted by molar-refractivity contribution is -0.145. The third kappa shape index (κ3) is 4.18. The first kappa shape index (κ1) is 14.3. The zero-order chi connectivity index (χ0) is 13.1. The Labute approximate surface area is 99.1 Å². The molecule has 0 spiro atoms. The molecule has 17 heavy (non-hydrogen) atoms. The number of carbonyl (C=O) groups is 1. The van der Waals surface area contributed by atoms with Crippen molar-refractivity contribution in [3.63, 3.8) is 0 Å². The molecule has 0 radical (unpaired) electrons. The van der Waals surface area contributed by atoms with E-state index in [2.05, 4.69) is 0 Å². The lowest BCUT2D eigenvalue weighted by atomic mass is 9.66. The first-order valence-corrected chi connectivity index (χ1v) is 5.79. The van der Waals surface area contributed by atoms with Gasteiger partial charge in [-0.2, -0.15) is 13.2 Å². The molecule has 0 aromatic carbocycles. The zero-order valence-corrected chi connectivity index (χ0v) is 10.0. The van der Waals surface area contributed by atoms with Crippen LogP contribution in [0.1, 0.15) is 32.1 Å². The second-order valence-corrected chi connectivity index (χ2v) is 4.91. The van der Waals surface area contributed by atoms with Gasteiger partial charge in [-0.15, -0.1) is 0 Å². The van der Waals surface area contributed by atoms with E-state index in [1.165, 1.54) is 7.05 Å². The number of alkyl halides is 3. The summed E-state index contributed by atoms with van der Waals surface area (Å²) in [6, 6.07) is 0. The topological polar surface area (TPSA) is 46.3 Å². The minimum Gasteiger partial charge on any atom is -0.345 e. The zero-order valence-electron chi connectivity index (χ0n) is 10.0. The second kappa shape index (κ2) is 5.25. The summed E-state index contributed by atoms with van der Waals surface area (Å²) >= 11 is 0. The Morgan fingerprint density at radius 3 is 2.35 bits per heavy atom. The SMILES string of the molecule is CN(CCC(F)(F)F)C(=O)CC1(CN)CCC1. The molecule has 6 heteroatoms. The van der Waals surface area contributed by atoms with Crippen LogP contribution in [0.25, 0.3) is 0 Å². The van der Waals surface area contributed by atoms with E-state index in [9.17, 15) is 18.0 Å². The van der Waals surface area contributed by atoms with Crippen LogP contribution in [-0.4, -0.2) is 37.1 Å². The first-order chi connectivity index (χ1) is 7.78. The predicted octanol–water partition coefficient (Wildman–Crippen LogP) is 1.92. The highest BCUT2D eigenvalue weighted by Gasteiger charge is 2.38. The van der Waals surface area contributed by atoms with Crippen LogP contribution in [0.2, 0.25) is 0 Å². The summed E-state index contributed by atoms with van der Waals surface area (Å²) in [7, 11) is 1.41. The summed E-state index contributed by atoms with van der Waals surface area (Å²) in [6.45, 7) is 0.162. The van der Waals surface area contributed by atoms with Crippen LogP contribution in [0.4, 0.5) is 13.2 Å². The van der Waals surface area contributed by atoms with E-state index < -0.39 is 12.6 Å².